The molecule has 0 saturated carbocycles. The largest absolute Gasteiger partial charge is 0.321 e. The van der Waals surface area contributed by atoms with Crippen molar-refractivity contribution in [3.63, 3.8) is 0 Å². The van der Waals surface area contributed by atoms with E-state index >= 15 is 0 Å². The lowest BCUT2D eigenvalue weighted by Gasteiger charge is -2.12. The minimum atomic E-state index is -0.278. The molecule has 1 aliphatic heterocycles. The van der Waals surface area contributed by atoms with Gasteiger partial charge in [-0.2, -0.15) is 5.10 Å². The molecule has 0 atom stereocenters. The molecule has 0 spiro atoms. The summed E-state index contributed by atoms with van der Waals surface area (Å²) in [6.07, 6.45) is 0.662. The van der Waals surface area contributed by atoms with Gasteiger partial charge in [0, 0.05) is 18.5 Å². The second kappa shape index (κ2) is 5.13. The Kier molecular flexibility index (Phi) is 3.16. The average Bonchev–Trinajstić information content (AvgIpc) is 2.48. The van der Waals surface area contributed by atoms with E-state index in [0.29, 0.717) is 24.2 Å². The van der Waals surface area contributed by atoms with Crippen LogP contribution in [0.1, 0.15) is 12.8 Å². The molecule has 0 bridgehead atoms. The Balaban J connectivity index is 1.79. The zero-order chi connectivity index (χ0) is 13.9. The van der Waals surface area contributed by atoms with Crippen LogP contribution in [0.2, 0.25) is 0 Å². The van der Waals surface area contributed by atoms with Crippen molar-refractivity contribution in [1.29, 1.82) is 0 Å². The van der Waals surface area contributed by atoms with Crippen molar-refractivity contribution in [2.75, 3.05) is 5.32 Å². The number of rotatable bonds is 2. The maximum Gasteiger partial charge on any atom is 0.271 e. The summed E-state index contributed by atoms with van der Waals surface area (Å²) in [5.41, 5.74) is 3.38. The lowest BCUT2D eigenvalue weighted by molar-refractivity contribution is -0.121. The van der Waals surface area contributed by atoms with E-state index < -0.39 is 0 Å². The molecule has 2 N–H and O–H groups in total. The molecule has 100 valence electrons. The number of nitrogens with zero attached hydrogens (tertiary/aromatic N) is 1. The lowest BCUT2D eigenvalue weighted by Crippen LogP contribution is -2.32. The van der Waals surface area contributed by atoms with Gasteiger partial charge in [0.05, 0.1) is 0 Å². The van der Waals surface area contributed by atoms with Crippen LogP contribution in [0.4, 0.5) is 5.69 Å². The van der Waals surface area contributed by atoms with Gasteiger partial charge in [-0.1, -0.05) is 30.3 Å². The summed E-state index contributed by atoms with van der Waals surface area (Å²) in [5.74, 6) is -0.437. The molecular weight excluding hydrogens is 254 g/mol. The van der Waals surface area contributed by atoms with E-state index in [-0.39, 0.29) is 11.8 Å². The number of nitrogens with one attached hydrogen (secondary N) is 2. The normalized spacial score (nSPS) is 14.6. The summed E-state index contributed by atoms with van der Waals surface area (Å²) in [6, 6.07) is 13.6. The molecule has 0 aliphatic carbocycles. The summed E-state index contributed by atoms with van der Waals surface area (Å²) < 4.78 is 0. The highest BCUT2D eigenvalue weighted by Gasteiger charge is 2.18. The summed E-state index contributed by atoms with van der Waals surface area (Å²) in [5, 5.41) is 8.75. The highest BCUT2D eigenvalue weighted by atomic mass is 16.2. The lowest BCUT2D eigenvalue weighted by atomic mass is 10.1. The van der Waals surface area contributed by atoms with Crippen molar-refractivity contribution in [1.82, 2.24) is 5.43 Å². The Morgan fingerprint density at radius 2 is 1.90 bits per heavy atom. The third-order valence-electron chi connectivity index (χ3n) is 3.17. The van der Waals surface area contributed by atoms with Crippen molar-refractivity contribution in [2.24, 2.45) is 5.10 Å². The summed E-state index contributed by atoms with van der Waals surface area (Å²) >= 11 is 0. The van der Waals surface area contributed by atoms with Crippen LogP contribution < -0.4 is 10.7 Å². The number of benzene rings is 2. The van der Waals surface area contributed by atoms with Crippen molar-refractivity contribution in [3.05, 3.63) is 42.5 Å². The zero-order valence-electron chi connectivity index (χ0n) is 10.7. The number of hydrazone groups is 1. The molecule has 0 unspecified atom stereocenters. The molecular formula is C15H13N3O2. The maximum absolute atomic E-state index is 12.0. The first-order chi connectivity index (χ1) is 9.72. The van der Waals surface area contributed by atoms with E-state index in [1.807, 2.05) is 42.5 Å². The first-order valence-electron chi connectivity index (χ1n) is 6.38. The maximum atomic E-state index is 12.0. The predicted molar refractivity (Wildman–Crippen MR) is 77.4 cm³/mol. The average molecular weight is 267 g/mol. The molecule has 5 heteroatoms. The fourth-order valence-corrected chi connectivity index (χ4v) is 2.11. The molecule has 2 aromatic rings. The van der Waals surface area contributed by atoms with Gasteiger partial charge < -0.3 is 5.32 Å². The Bertz CT molecular complexity index is 722. The van der Waals surface area contributed by atoms with Gasteiger partial charge in [0.25, 0.3) is 5.91 Å². The monoisotopic (exact) mass is 267 g/mol. The second-order valence-electron chi connectivity index (χ2n) is 4.61. The standard InChI is InChI=1S/C15H13N3O2/c19-14-8-7-13(17-18-14)15(20)16-12-6-5-10-3-1-2-4-11(10)9-12/h1-6,9H,7-8H2,(H,16,20)(H,18,19). The van der Waals surface area contributed by atoms with Crippen molar-refractivity contribution in [3.8, 4) is 0 Å². The molecule has 1 heterocycles. The van der Waals surface area contributed by atoms with Crippen molar-refractivity contribution < 1.29 is 9.59 Å². The van der Waals surface area contributed by atoms with Crippen LogP contribution in [-0.2, 0) is 9.59 Å². The molecule has 2 aromatic carbocycles. The van der Waals surface area contributed by atoms with Crippen LogP contribution >= 0.6 is 0 Å². The van der Waals surface area contributed by atoms with Gasteiger partial charge >= 0.3 is 0 Å². The van der Waals surface area contributed by atoms with Crippen molar-refractivity contribution in [2.45, 2.75) is 12.8 Å². The van der Waals surface area contributed by atoms with E-state index in [4.69, 9.17) is 0 Å². The Morgan fingerprint density at radius 1 is 1.10 bits per heavy atom. The first kappa shape index (κ1) is 12.3. The molecule has 20 heavy (non-hydrogen) atoms. The predicted octanol–water partition coefficient (Wildman–Crippen LogP) is 2.04. The Hall–Kier alpha value is -2.69. The molecule has 0 fully saturated rings. The van der Waals surface area contributed by atoms with Crippen LogP contribution in [0.3, 0.4) is 0 Å². The van der Waals surface area contributed by atoms with Gasteiger partial charge in [0.2, 0.25) is 5.91 Å². The number of fused-ring (bicyclic) bond motifs is 1. The number of amides is 2. The fraction of sp³-hybridized carbons (Fsp3) is 0.133. The topological polar surface area (TPSA) is 70.6 Å². The van der Waals surface area contributed by atoms with Crippen LogP contribution in [0.5, 0.6) is 0 Å². The van der Waals surface area contributed by atoms with Crippen molar-refractivity contribution >= 4 is 34.0 Å². The molecule has 1 aliphatic rings. The van der Waals surface area contributed by atoms with Crippen LogP contribution in [0, 0.1) is 0 Å². The van der Waals surface area contributed by atoms with Crippen LogP contribution in [-0.4, -0.2) is 17.5 Å². The first-order valence-corrected chi connectivity index (χ1v) is 6.38. The van der Waals surface area contributed by atoms with E-state index in [0.717, 1.165) is 10.8 Å². The van der Waals surface area contributed by atoms with E-state index in [9.17, 15) is 9.59 Å². The third kappa shape index (κ3) is 2.51. The van der Waals surface area contributed by atoms with Gasteiger partial charge in [-0.15, -0.1) is 0 Å². The molecule has 3 rings (SSSR count). The van der Waals surface area contributed by atoms with Gasteiger partial charge in [0.15, 0.2) is 0 Å². The Morgan fingerprint density at radius 3 is 2.65 bits per heavy atom. The number of carbonyl (C=O) groups excluding carboxylic acids is 2. The second-order valence-corrected chi connectivity index (χ2v) is 4.61. The van der Waals surface area contributed by atoms with Crippen LogP contribution in [0.25, 0.3) is 10.8 Å². The summed E-state index contributed by atoms with van der Waals surface area (Å²) in [4.78, 5) is 23.0. The third-order valence-corrected chi connectivity index (χ3v) is 3.17. The van der Waals surface area contributed by atoms with E-state index in [1.54, 1.807) is 0 Å². The number of anilines is 1. The van der Waals surface area contributed by atoms with Gasteiger partial charge in [-0.05, 0) is 22.9 Å². The summed E-state index contributed by atoms with van der Waals surface area (Å²) in [7, 11) is 0. The molecule has 5 nitrogen and oxygen atoms in total. The Labute approximate surface area is 115 Å². The molecule has 0 aromatic heterocycles. The van der Waals surface area contributed by atoms with Gasteiger partial charge in [0.1, 0.15) is 5.71 Å². The number of hydrogen-bond acceptors (Lipinski definition) is 3. The van der Waals surface area contributed by atoms with E-state index in [1.165, 1.54) is 0 Å². The minimum absolute atomic E-state index is 0.160. The highest BCUT2D eigenvalue weighted by molar-refractivity contribution is 6.43. The number of carbonyl (C=O) groups is 2. The van der Waals surface area contributed by atoms with Gasteiger partial charge in [-0.25, -0.2) is 5.43 Å². The smallest absolute Gasteiger partial charge is 0.271 e. The van der Waals surface area contributed by atoms with Gasteiger partial charge in [-0.3, -0.25) is 9.59 Å². The molecule has 0 saturated heterocycles. The zero-order valence-corrected chi connectivity index (χ0v) is 10.7. The fourth-order valence-electron chi connectivity index (χ4n) is 2.11. The highest BCUT2D eigenvalue weighted by Crippen LogP contribution is 2.19. The SMILES string of the molecule is O=C1CCC(C(=O)Nc2ccc3ccccc3c2)=NN1. The quantitative estimate of drug-likeness (QED) is 0.874. The number of hydrogen-bond donors (Lipinski definition) is 2. The molecule has 0 radical (unpaired) electrons. The molecule has 2 amide bonds. The van der Waals surface area contributed by atoms with Crippen LogP contribution in [0.15, 0.2) is 47.6 Å². The minimum Gasteiger partial charge on any atom is -0.321 e. The van der Waals surface area contributed by atoms with E-state index in [2.05, 4.69) is 15.8 Å². The summed E-state index contributed by atoms with van der Waals surface area (Å²) in [6.45, 7) is 0.